The van der Waals surface area contributed by atoms with Crippen LogP contribution in [0.4, 0.5) is 0 Å². The number of hydrogen-bond acceptors (Lipinski definition) is 3. The molecule has 0 radical (unpaired) electrons. The first-order valence-electron chi connectivity index (χ1n) is 6.92. The molecule has 1 heterocycles. The molecule has 5 nitrogen and oxygen atoms in total. The van der Waals surface area contributed by atoms with E-state index in [1.54, 1.807) is 0 Å². The molecule has 20 heavy (non-hydrogen) atoms. The molecule has 0 bridgehead atoms. The van der Waals surface area contributed by atoms with E-state index in [1.807, 2.05) is 30.3 Å². The Morgan fingerprint density at radius 1 is 1.35 bits per heavy atom. The van der Waals surface area contributed by atoms with Gasteiger partial charge in [0.05, 0.1) is 0 Å². The second-order valence-electron chi connectivity index (χ2n) is 4.99. The number of nitrogens with one attached hydrogen (secondary N) is 1. The molecule has 1 aromatic carbocycles. The van der Waals surface area contributed by atoms with Gasteiger partial charge in [0.25, 0.3) is 0 Å². The minimum atomic E-state index is -0.646. The van der Waals surface area contributed by atoms with Gasteiger partial charge < -0.3 is 15.8 Å². The van der Waals surface area contributed by atoms with Gasteiger partial charge >= 0.3 is 0 Å². The summed E-state index contributed by atoms with van der Waals surface area (Å²) in [5, 5.41) is 2.69. The van der Waals surface area contributed by atoms with Gasteiger partial charge in [0, 0.05) is 6.61 Å². The minimum absolute atomic E-state index is 0.237. The smallest absolute Gasteiger partial charge is 0.249 e. The van der Waals surface area contributed by atoms with Crippen molar-refractivity contribution in [2.75, 3.05) is 6.61 Å². The lowest BCUT2D eigenvalue weighted by Crippen LogP contribution is -2.48. The van der Waals surface area contributed by atoms with Crippen molar-refractivity contribution in [1.29, 1.82) is 0 Å². The molecule has 1 aliphatic heterocycles. The predicted octanol–water partition coefficient (Wildman–Crippen LogP) is 0.768. The summed E-state index contributed by atoms with van der Waals surface area (Å²) in [5.74, 6) is -0.744. The van der Waals surface area contributed by atoms with Crippen LogP contribution in [0.25, 0.3) is 0 Å². The number of carbonyl (C=O) groups is 2. The van der Waals surface area contributed by atoms with Crippen molar-refractivity contribution in [3.63, 3.8) is 0 Å². The number of aryl methyl sites for hydroxylation is 1. The Bertz CT molecular complexity index is 455. The number of ether oxygens (including phenoxy) is 1. The molecule has 3 N–H and O–H groups in total. The Labute approximate surface area is 118 Å². The van der Waals surface area contributed by atoms with E-state index < -0.39 is 18.1 Å². The lowest BCUT2D eigenvalue weighted by Gasteiger charge is -2.18. The maximum absolute atomic E-state index is 11.9. The van der Waals surface area contributed by atoms with Crippen LogP contribution in [0.1, 0.15) is 24.8 Å². The molecule has 5 heteroatoms. The molecule has 0 saturated carbocycles. The van der Waals surface area contributed by atoms with Crippen LogP contribution in [0, 0.1) is 0 Å². The number of benzene rings is 1. The van der Waals surface area contributed by atoms with E-state index in [1.165, 1.54) is 0 Å². The Morgan fingerprint density at radius 2 is 2.10 bits per heavy atom. The number of primary amides is 1. The van der Waals surface area contributed by atoms with E-state index in [0.717, 1.165) is 12.0 Å². The molecular weight excluding hydrogens is 256 g/mol. The summed E-state index contributed by atoms with van der Waals surface area (Å²) in [5.41, 5.74) is 6.47. The van der Waals surface area contributed by atoms with Crippen molar-refractivity contribution in [3.8, 4) is 0 Å². The summed E-state index contributed by atoms with van der Waals surface area (Å²) < 4.78 is 5.29. The molecule has 0 spiro atoms. The molecule has 2 atom stereocenters. The molecule has 0 aliphatic carbocycles. The quantitative estimate of drug-likeness (QED) is 0.805. The summed E-state index contributed by atoms with van der Waals surface area (Å²) in [7, 11) is 0. The van der Waals surface area contributed by atoms with Crippen LogP contribution in [0.2, 0.25) is 0 Å². The molecule has 1 aliphatic rings. The van der Waals surface area contributed by atoms with Crippen LogP contribution >= 0.6 is 0 Å². The van der Waals surface area contributed by atoms with Crippen molar-refractivity contribution in [3.05, 3.63) is 35.9 Å². The second kappa shape index (κ2) is 7.05. The fourth-order valence-electron chi connectivity index (χ4n) is 2.29. The Kier molecular flexibility index (Phi) is 5.12. The highest BCUT2D eigenvalue weighted by Gasteiger charge is 2.27. The van der Waals surface area contributed by atoms with Gasteiger partial charge in [0.1, 0.15) is 12.1 Å². The van der Waals surface area contributed by atoms with Crippen molar-refractivity contribution in [2.45, 2.75) is 37.8 Å². The van der Waals surface area contributed by atoms with Gasteiger partial charge in [-0.3, -0.25) is 9.59 Å². The van der Waals surface area contributed by atoms with Gasteiger partial charge in [-0.1, -0.05) is 30.3 Å². The third-order valence-corrected chi connectivity index (χ3v) is 3.45. The zero-order valence-corrected chi connectivity index (χ0v) is 11.4. The molecule has 1 saturated heterocycles. The summed E-state index contributed by atoms with van der Waals surface area (Å²) in [6, 6.07) is 9.15. The third kappa shape index (κ3) is 4.06. The average molecular weight is 276 g/mol. The van der Waals surface area contributed by atoms with Crippen molar-refractivity contribution >= 4 is 11.8 Å². The van der Waals surface area contributed by atoms with Gasteiger partial charge in [-0.2, -0.15) is 0 Å². The molecule has 2 rings (SSSR count). The summed E-state index contributed by atoms with van der Waals surface area (Å²) in [6.45, 7) is 0.601. The lowest BCUT2D eigenvalue weighted by atomic mass is 10.0. The first-order chi connectivity index (χ1) is 9.66. The SMILES string of the molecule is NC(=O)[C@H](CCc1ccccc1)NC(=O)[C@H]1CCCO1. The van der Waals surface area contributed by atoms with Gasteiger partial charge in [-0.25, -0.2) is 0 Å². The molecule has 0 unspecified atom stereocenters. The van der Waals surface area contributed by atoms with Crippen LogP contribution in [-0.4, -0.2) is 30.6 Å². The number of amides is 2. The molecule has 2 amide bonds. The zero-order valence-electron chi connectivity index (χ0n) is 11.4. The van der Waals surface area contributed by atoms with Crippen LogP contribution < -0.4 is 11.1 Å². The molecule has 1 fully saturated rings. The maximum atomic E-state index is 11.9. The van der Waals surface area contributed by atoms with E-state index in [2.05, 4.69) is 5.32 Å². The van der Waals surface area contributed by atoms with E-state index in [-0.39, 0.29) is 5.91 Å². The zero-order chi connectivity index (χ0) is 14.4. The van der Waals surface area contributed by atoms with E-state index in [4.69, 9.17) is 10.5 Å². The highest BCUT2D eigenvalue weighted by atomic mass is 16.5. The van der Waals surface area contributed by atoms with Crippen LogP contribution in [0.3, 0.4) is 0 Å². The summed E-state index contributed by atoms with van der Waals surface area (Å²) in [6.07, 6.45) is 2.34. The highest BCUT2D eigenvalue weighted by Crippen LogP contribution is 2.12. The largest absolute Gasteiger partial charge is 0.368 e. The average Bonchev–Trinajstić information content (AvgIpc) is 2.98. The Balaban J connectivity index is 1.87. The lowest BCUT2D eigenvalue weighted by molar-refractivity contribution is -0.133. The second-order valence-corrected chi connectivity index (χ2v) is 4.99. The molecule has 108 valence electrons. The highest BCUT2D eigenvalue weighted by molar-refractivity contribution is 5.88. The maximum Gasteiger partial charge on any atom is 0.249 e. The number of nitrogens with two attached hydrogens (primary N) is 1. The van der Waals surface area contributed by atoms with Crippen molar-refractivity contribution in [1.82, 2.24) is 5.32 Å². The van der Waals surface area contributed by atoms with Crippen LogP contribution in [0.15, 0.2) is 30.3 Å². The van der Waals surface area contributed by atoms with Gasteiger partial charge in [-0.15, -0.1) is 0 Å². The first-order valence-corrected chi connectivity index (χ1v) is 6.92. The molecule has 1 aromatic rings. The van der Waals surface area contributed by atoms with Crippen molar-refractivity contribution in [2.24, 2.45) is 5.73 Å². The minimum Gasteiger partial charge on any atom is -0.368 e. The Morgan fingerprint density at radius 3 is 2.70 bits per heavy atom. The first kappa shape index (κ1) is 14.5. The van der Waals surface area contributed by atoms with Crippen molar-refractivity contribution < 1.29 is 14.3 Å². The van der Waals surface area contributed by atoms with E-state index in [0.29, 0.717) is 25.9 Å². The monoisotopic (exact) mass is 276 g/mol. The van der Waals surface area contributed by atoms with Gasteiger partial charge in [-0.05, 0) is 31.2 Å². The number of carbonyl (C=O) groups excluding carboxylic acids is 2. The topological polar surface area (TPSA) is 81.4 Å². The Hall–Kier alpha value is -1.88. The van der Waals surface area contributed by atoms with Gasteiger partial charge in [0.15, 0.2) is 0 Å². The fourth-order valence-corrected chi connectivity index (χ4v) is 2.29. The third-order valence-electron chi connectivity index (χ3n) is 3.45. The molecule has 0 aromatic heterocycles. The number of rotatable bonds is 6. The summed E-state index contributed by atoms with van der Waals surface area (Å²) in [4.78, 5) is 23.4. The predicted molar refractivity (Wildman–Crippen MR) is 74.9 cm³/mol. The van der Waals surface area contributed by atoms with Crippen LogP contribution in [0.5, 0.6) is 0 Å². The van der Waals surface area contributed by atoms with Gasteiger partial charge in [0.2, 0.25) is 11.8 Å². The van der Waals surface area contributed by atoms with Crippen LogP contribution in [-0.2, 0) is 20.7 Å². The van der Waals surface area contributed by atoms with E-state index in [9.17, 15) is 9.59 Å². The summed E-state index contributed by atoms with van der Waals surface area (Å²) >= 11 is 0. The number of hydrogen-bond donors (Lipinski definition) is 2. The fraction of sp³-hybridized carbons (Fsp3) is 0.467. The molecular formula is C15H20N2O3. The van der Waals surface area contributed by atoms with E-state index >= 15 is 0 Å². The standard InChI is InChI=1S/C15H20N2O3/c16-14(18)12(9-8-11-5-2-1-3-6-11)17-15(19)13-7-4-10-20-13/h1-3,5-6,12-13H,4,7-10H2,(H2,16,18)(H,17,19)/t12-,13+/m0/s1. The normalized spacial score (nSPS) is 19.5.